The molecule has 5 heteroatoms. The molecule has 0 saturated heterocycles. The Kier molecular flexibility index (Phi) is 7.18. The summed E-state index contributed by atoms with van der Waals surface area (Å²) in [5.74, 6) is 2.71. The van der Waals surface area contributed by atoms with Gasteiger partial charge in [-0.3, -0.25) is 0 Å². The van der Waals surface area contributed by atoms with E-state index >= 15 is 0 Å². The molecule has 0 radical (unpaired) electrons. The topological polar surface area (TPSA) is 53.1 Å². The van der Waals surface area contributed by atoms with Crippen molar-refractivity contribution < 1.29 is 0 Å². The van der Waals surface area contributed by atoms with Gasteiger partial charge in [-0.2, -0.15) is 0 Å². The van der Waals surface area contributed by atoms with Gasteiger partial charge in [0.05, 0.1) is 0 Å². The minimum absolute atomic E-state index is 0.852. The van der Waals surface area contributed by atoms with Crippen molar-refractivity contribution in [3.05, 3.63) is 11.9 Å². The van der Waals surface area contributed by atoms with E-state index in [2.05, 4.69) is 53.3 Å². The van der Waals surface area contributed by atoms with Gasteiger partial charge in [0.2, 0.25) is 0 Å². The quantitative estimate of drug-likeness (QED) is 0.717. The minimum atomic E-state index is 0.852. The number of hydrogen-bond donors (Lipinski definition) is 2. The predicted octanol–water partition coefficient (Wildman–Crippen LogP) is 2.22. The van der Waals surface area contributed by atoms with Crippen LogP contribution in [0.2, 0.25) is 0 Å². The van der Waals surface area contributed by atoms with Gasteiger partial charge in [-0.25, -0.2) is 9.97 Å². The number of nitrogens with one attached hydrogen (secondary N) is 2. The molecule has 0 aliphatic heterocycles. The molecule has 108 valence electrons. The number of nitrogens with zero attached hydrogens (tertiary/aromatic N) is 3. The Morgan fingerprint density at radius 2 is 1.68 bits per heavy atom. The fourth-order valence-corrected chi connectivity index (χ4v) is 1.62. The molecule has 0 aliphatic carbocycles. The van der Waals surface area contributed by atoms with Gasteiger partial charge < -0.3 is 15.5 Å². The third-order valence-electron chi connectivity index (χ3n) is 2.98. The number of hydrogen-bond acceptors (Lipinski definition) is 5. The molecule has 1 rings (SSSR count). The molecule has 0 fully saturated rings. The van der Waals surface area contributed by atoms with Crippen LogP contribution in [0.25, 0.3) is 0 Å². The summed E-state index contributed by atoms with van der Waals surface area (Å²) in [6.45, 7) is 10.3. The van der Waals surface area contributed by atoms with Crippen molar-refractivity contribution in [3.63, 3.8) is 0 Å². The molecule has 0 unspecified atom stereocenters. The summed E-state index contributed by atoms with van der Waals surface area (Å²) >= 11 is 0. The monoisotopic (exact) mass is 265 g/mol. The molecule has 0 atom stereocenters. The third-order valence-corrected chi connectivity index (χ3v) is 2.98. The summed E-state index contributed by atoms with van der Waals surface area (Å²) in [5.41, 5.74) is 0. The molecule has 5 nitrogen and oxygen atoms in total. The summed E-state index contributed by atoms with van der Waals surface area (Å²) < 4.78 is 0. The Bertz CT molecular complexity index is 367. The third kappa shape index (κ3) is 5.87. The molecule has 0 aliphatic rings. The highest BCUT2D eigenvalue weighted by Gasteiger charge is 2.03. The van der Waals surface area contributed by atoms with Crippen molar-refractivity contribution in [3.8, 4) is 0 Å². The Labute approximate surface area is 116 Å². The predicted molar refractivity (Wildman–Crippen MR) is 81.9 cm³/mol. The lowest BCUT2D eigenvalue weighted by atomic mass is 10.4. The summed E-state index contributed by atoms with van der Waals surface area (Å²) in [6.07, 6.45) is 1.95. The van der Waals surface area contributed by atoms with Crippen LogP contribution in [0.5, 0.6) is 0 Å². The van der Waals surface area contributed by atoms with E-state index in [9.17, 15) is 0 Å². The Morgan fingerprint density at radius 3 is 2.21 bits per heavy atom. The summed E-state index contributed by atoms with van der Waals surface area (Å²) in [4.78, 5) is 11.2. The molecule has 1 aromatic rings. The average Bonchev–Trinajstić information content (AvgIpc) is 2.44. The second-order valence-corrected chi connectivity index (χ2v) is 4.66. The molecule has 1 aromatic heterocycles. The molecule has 0 spiro atoms. The Hall–Kier alpha value is -1.36. The molecule has 0 bridgehead atoms. The van der Waals surface area contributed by atoms with Crippen LogP contribution in [-0.4, -0.2) is 48.1 Å². The molecular formula is C14H27N5. The van der Waals surface area contributed by atoms with Crippen LogP contribution in [-0.2, 0) is 6.42 Å². The Morgan fingerprint density at radius 1 is 1.05 bits per heavy atom. The van der Waals surface area contributed by atoms with Crippen molar-refractivity contribution in [1.82, 2.24) is 14.9 Å². The zero-order valence-corrected chi connectivity index (χ0v) is 12.7. The van der Waals surface area contributed by atoms with Crippen LogP contribution in [0.3, 0.4) is 0 Å². The fraction of sp³-hybridized carbons (Fsp3) is 0.714. The first-order chi connectivity index (χ1) is 9.19. The van der Waals surface area contributed by atoms with Gasteiger partial charge >= 0.3 is 0 Å². The lowest BCUT2D eigenvalue weighted by molar-refractivity contribution is 0.367. The first kappa shape index (κ1) is 15.7. The number of aromatic nitrogens is 2. The standard InChI is InChI=1S/C14H27N5/c1-5-8-15-13-11-14(18-12(6-2)17-13)16-9-10-19(4)7-3/h11H,5-10H2,1-4H3,(H2,15,16,17,18). The second kappa shape index (κ2) is 8.69. The van der Waals surface area contributed by atoms with Gasteiger partial charge in [0.15, 0.2) is 0 Å². The number of anilines is 2. The maximum Gasteiger partial charge on any atom is 0.132 e. The van der Waals surface area contributed by atoms with E-state index in [1.54, 1.807) is 0 Å². The van der Waals surface area contributed by atoms with E-state index in [0.717, 1.165) is 56.5 Å². The zero-order valence-electron chi connectivity index (χ0n) is 12.7. The molecule has 0 saturated carbocycles. The normalized spacial score (nSPS) is 10.8. The maximum atomic E-state index is 4.50. The average molecular weight is 265 g/mol. The minimum Gasteiger partial charge on any atom is -0.370 e. The van der Waals surface area contributed by atoms with Gasteiger partial charge in [0.25, 0.3) is 0 Å². The van der Waals surface area contributed by atoms with E-state index in [1.165, 1.54) is 0 Å². The molecule has 1 heterocycles. The van der Waals surface area contributed by atoms with E-state index in [1.807, 2.05) is 6.07 Å². The number of aryl methyl sites for hydroxylation is 1. The molecule has 0 aromatic carbocycles. The largest absolute Gasteiger partial charge is 0.370 e. The molecule has 2 N–H and O–H groups in total. The molecular weight excluding hydrogens is 238 g/mol. The van der Waals surface area contributed by atoms with Crippen molar-refractivity contribution in [2.24, 2.45) is 0 Å². The highest BCUT2D eigenvalue weighted by Crippen LogP contribution is 2.11. The first-order valence-corrected chi connectivity index (χ1v) is 7.23. The van der Waals surface area contributed by atoms with Crippen LogP contribution < -0.4 is 10.6 Å². The second-order valence-electron chi connectivity index (χ2n) is 4.66. The highest BCUT2D eigenvalue weighted by molar-refractivity contribution is 5.47. The molecule has 0 amide bonds. The number of rotatable bonds is 9. The van der Waals surface area contributed by atoms with Crippen molar-refractivity contribution >= 4 is 11.6 Å². The SMILES string of the molecule is CCCNc1cc(NCCN(C)CC)nc(CC)n1. The van der Waals surface area contributed by atoms with Crippen LogP contribution in [0.4, 0.5) is 11.6 Å². The van der Waals surface area contributed by atoms with E-state index < -0.39 is 0 Å². The molecule has 19 heavy (non-hydrogen) atoms. The first-order valence-electron chi connectivity index (χ1n) is 7.23. The van der Waals surface area contributed by atoms with Gasteiger partial charge in [-0.05, 0) is 20.0 Å². The Balaban J connectivity index is 2.60. The smallest absolute Gasteiger partial charge is 0.132 e. The van der Waals surface area contributed by atoms with E-state index in [-0.39, 0.29) is 0 Å². The van der Waals surface area contributed by atoms with Crippen molar-refractivity contribution in [2.45, 2.75) is 33.6 Å². The summed E-state index contributed by atoms with van der Waals surface area (Å²) in [5, 5.41) is 6.69. The highest BCUT2D eigenvalue weighted by atomic mass is 15.1. The van der Waals surface area contributed by atoms with Gasteiger partial charge in [-0.15, -0.1) is 0 Å². The zero-order chi connectivity index (χ0) is 14.1. The van der Waals surface area contributed by atoms with E-state index in [4.69, 9.17) is 0 Å². The number of likely N-dealkylation sites (N-methyl/N-ethyl adjacent to an activating group) is 1. The van der Waals surface area contributed by atoms with Crippen LogP contribution >= 0.6 is 0 Å². The summed E-state index contributed by atoms with van der Waals surface area (Å²) in [7, 11) is 2.12. The fourth-order valence-electron chi connectivity index (χ4n) is 1.62. The van der Waals surface area contributed by atoms with Crippen molar-refractivity contribution in [1.29, 1.82) is 0 Å². The maximum absolute atomic E-state index is 4.50. The van der Waals surface area contributed by atoms with Crippen molar-refractivity contribution in [2.75, 3.05) is 43.9 Å². The van der Waals surface area contributed by atoms with Gasteiger partial charge in [-0.1, -0.05) is 20.8 Å². The van der Waals surface area contributed by atoms with Crippen LogP contribution in [0.15, 0.2) is 6.07 Å². The van der Waals surface area contributed by atoms with Gasteiger partial charge in [0, 0.05) is 32.1 Å². The lowest BCUT2D eigenvalue weighted by Crippen LogP contribution is -2.25. The lowest BCUT2D eigenvalue weighted by Gasteiger charge is -2.15. The van der Waals surface area contributed by atoms with E-state index in [0.29, 0.717) is 0 Å². The van der Waals surface area contributed by atoms with Gasteiger partial charge in [0.1, 0.15) is 17.5 Å². The summed E-state index contributed by atoms with van der Waals surface area (Å²) in [6, 6.07) is 1.99. The van der Waals surface area contributed by atoms with Crippen LogP contribution in [0.1, 0.15) is 33.0 Å². The van der Waals surface area contributed by atoms with Crippen LogP contribution in [0, 0.1) is 0 Å².